The van der Waals surface area contributed by atoms with E-state index in [1.807, 2.05) is 0 Å². The molecule has 0 bridgehead atoms. The molecule has 2 aromatic rings. The molecule has 2 heterocycles. The highest BCUT2D eigenvalue weighted by molar-refractivity contribution is 6.34. The Hall–Kier alpha value is -2.35. The van der Waals surface area contributed by atoms with E-state index in [4.69, 9.17) is 17.3 Å². The number of carbonyl (C=O) groups excluding carboxylic acids is 2. The Labute approximate surface area is 113 Å². The van der Waals surface area contributed by atoms with Gasteiger partial charge in [-0.25, -0.2) is 0 Å². The van der Waals surface area contributed by atoms with Crippen LogP contribution in [0.5, 0.6) is 0 Å². The van der Waals surface area contributed by atoms with E-state index in [0.29, 0.717) is 0 Å². The summed E-state index contributed by atoms with van der Waals surface area (Å²) in [5.74, 6) is -1.23. The SMILES string of the molecule is Cn1cc(Cl)c(C(=O)Nc2cnn(C)c2C(N)=O)n1. The molecule has 0 aliphatic carbocycles. The van der Waals surface area contributed by atoms with Gasteiger partial charge in [-0.05, 0) is 0 Å². The van der Waals surface area contributed by atoms with Gasteiger partial charge in [-0.15, -0.1) is 0 Å². The molecule has 8 nitrogen and oxygen atoms in total. The fourth-order valence-corrected chi connectivity index (χ4v) is 1.88. The van der Waals surface area contributed by atoms with E-state index >= 15 is 0 Å². The summed E-state index contributed by atoms with van der Waals surface area (Å²) in [5, 5.41) is 10.5. The number of hydrogen-bond acceptors (Lipinski definition) is 4. The number of nitrogens with zero attached hydrogens (tertiary/aromatic N) is 4. The van der Waals surface area contributed by atoms with Gasteiger partial charge in [0.2, 0.25) is 0 Å². The zero-order valence-corrected chi connectivity index (χ0v) is 11.0. The van der Waals surface area contributed by atoms with E-state index in [9.17, 15) is 9.59 Å². The van der Waals surface area contributed by atoms with Crippen LogP contribution in [0.15, 0.2) is 12.4 Å². The fraction of sp³-hybridized carbons (Fsp3) is 0.200. The van der Waals surface area contributed by atoms with Crippen molar-refractivity contribution in [2.75, 3.05) is 5.32 Å². The summed E-state index contributed by atoms with van der Waals surface area (Å²) >= 11 is 5.86. The van der Waals surface area contributed by atoms with Crippen molar-refractivity contribution in [3.8, 4) is 0 Å². The first-order valence-corrected chi connectivity index (χ1v) is 5.60. The van der Waals surface area contributed by atoms with Gasteiger partial charge < -0.3 is 11.1 Å². The number of aromatic nitrogens is 4. The summed E-state index contributed by atoms with van der Waals surface area (Å²) in [4.78, 5) is 23.2. The number of halogens is 1. The molecule has 0 unspecified atom stereocenters. The summed E-state index contributed by atoms with van der Waals surface area (Å²) in [6.07, 6.45) is 2.82. The molecule has 100 valence electrons. The maximum Gasteiger partial charge on any atom is 0.277 e. The smallest absolute Gasteiger partial charge is 0.277 e. The molecule has 0 aliphatic heterocycles. The Morgan fingerprint density at radius 3 is 2.63 bits per heavy atom. The third-order valence-electron chi connectivity index (χ3n) is 2.42. The van der Waals surface area contributed by atoms with Gasteiger partial charge in [-0.3, -0.25) is 19.0 Å². The van der Waals surface area contributed by atoms with Crippen LogP contribution < -0.4 is 11.1 Å². The van der Waals surface area contributed by atoms with Gasteiger partial charge in [0.05, 0.1) is 16.9 Å². The molecule has 19 heavy (non-hydrogen) atoms. The van der Waals surface area contributed by atoms with Crippen LogP contribution >= 0.6 is 11.6 Å². The van der Waals surface area contributed by atoms with Crippen LogP contribution in [0.2, 0.25) is 5.02 Å². The van der Waals surface area contributed by atoms with Crippen LogP contribution in [-0.4, -0.2) is 31.4 Å². The van der Waals surface area contributed by atoms with E-state index in [0.717, 1.165) is 0 Å². The number of aryl methyl sites for hydroxylation is 2. The van der Waals surface area contributed by atoms with Crippen molar-refractivity contribution < 1.29 is 9.59 Å². The number of carbonyl (C=O) groups is 2. The second kappa shape index (κ2) is 4.73. The first-order chi connectivity index (χ1) is 8.90. The Balaban J connectivity index is 2.29. The third kappa shape index (κ3) is 2.43. The average molecular weight is 283 g/mol. The average Bonchev–Trinajstić information content (AvgIpc) is 2.82. The lowest BCUT2D eigenvalue weighted by Crippen LogP contribution is -2.20. The van der Waals surface area contributed by atoms with Gasteiger partial charge in [-0.1, -0.05) is 11.6 Å². The van der Waals surface area contributed by atoms with Crippen molar-refractivity contribution in [1.29, 1.82) is 0 Å². The zero-order valence-electron chi connectivity index (χ0n) is 10.2. The zero-order chi connectivity index (χ0) is 14.2. The maximum absolute atomic E-state index is 12.0. The Morgan fingerprint density at radius 2 is 2.11 bits per heavy atom. The number of nitrogens with two attached hydrogens (primary N) is 1. The van der Waals surface area contributed by atoms with E-state index < -0.39 is 11.8 Å². The van der Waals surface area contributed by atoms with Crippen LogP contribution in [-0.2, 0) is 14.1 Å². The van der Waals surface area contributed by atoms with Crippen LogP contribution in [0.4, 0.5) is 5.69 Å². The first-order valence-electron chi connectivity index (χ1n) is 5.22. The lowest BCUT2D eigenvalue weighted by molar-refractivity contribution is 0.0992. The van der Waals surface area contributed by atoms with Crippen molar-refractivity contribution in [3.63, 3.8) is 0 Å². The molecule has 2 aromatic heterocycles. The Bertz CT molecular complexity index is 659. The summed E-state index contributed by atoms with van der Waals surface area (Å²) in [5.41, 5.74) is 5.58. The normalized spacial score (nSPS) is 10.5. The molecular weight excluding hydrogens is 272 g/mol. The highest BCUT2D eigenvalue weighted by atomic mass is 35.5. The lowest BCUT2D eigenvalue weighted by Gasteiger charge is -2.03. The van der Waals surface area contributed by atoms with Crippen molar-refractivity contribution in [3.05, 3.63) is 28.8 Å². The standard InChI is InChI=1S/C10H11ClN6O2/c1-16-4-5(11)7(15-16)10(19)14-6-3-13-17(2)8(6)9(12)18/h3-4H,1-2H3,(H2,12,18)(H,14,19). The maximum atomic E-state index is 12.0. The lowest BCUT2D eigenvalue weighted by atomic mass is 10.3. The third-order valence-corrected chi connectivity index (χ3v) is 2.70. The highest BCUT2D eigenvalue weighted by Crippen LogP contribution is 2.18. The van der Waals surface area contributed by atoms with Gasteiger partial charge in [0, 0.05) is 20.3 Å². The fourth-order valence-electron chi connectivity index (χ4n) is 1.62. The molecule has 2 rings (SSSR count). The van der Waals surface area contributed by atoms with Crippen molar-refractivity contribution in [2.24, 2.45) is 19.8 Å². The van der Waals surface area contributed by atoms with Crippen molar-refractivity contribution in [1.82, 2.24) is 19.6 Å². The minimum atomic E-state index is -0.692. The molecule has 3 N–H and O–H groups in total. The van der Waals surface area contributed by atoms with E-state index in [2.05, 4.69) is 15.5 Å². The van der Waals surface area contributed by atoms with E-state index in [-0.39, 0.29) is 22.1 Å². The van der Waals surface area contributed by atoms with Gasteiger partial charge in [0.1, 0.15) is 5.69 Å². The van der Waals surface area contributed by atoms with E-state index in [1.54, 1.807) is 14.1 Å². The van der Waals surface area contributed by atoms with Gasteiger partial charge in [0.25, 0.3) is 11.8 Å². The predicted octanol–water partition coefficient (Wildman–Crippen LogP) is 0.158. The van der Waals surface area contributed by atoms with Crippen molar-refractivity contribution in [2.45, 2.75) is 0 Å². The summed E-state index contributed by atoms with van der Waals surface area (Å²) in [7, 11) is 3.19. The summed E-state index contributed by atoms with van der Waals surface area (Å²) < 4.78 is 2.69. The second-order valence-electron chi connectivity index (χ2n) is 3.85. The minimum Gasteiger partial charge on any atom is -0.364 e. The summed E-state index contributed by atoms with van der Waals surface area (Å²) in [6.45, 7) is 0. The molecule has 0 fully saturated rings. The molecule has 2 amide bonds. The largest absolute Gasteiger partial charge is 0.364 e. The minimum absolute atomic E-state index is 0.0587. The second-order valence-corrected chi connectivity index (χ2v) is 4.26. The van der Waals surface area contributed by atoms with Crippen LogP contribution in [0.3, 0.4) is 0 Å². The van der Waals surface area contributed by atoms with Crippen molar-refractivity contribution >= 4 is 29.1 Å². The van der Waals surface area contributed by atoms with Gasteiger partial charge in [0.15, 0.2) is 5.69 Å². The molecule has 0 aliphatic rings. The molecule has 0 radical (unpaired) electrons. The molecular formula is C10H11ClN6O2. The topological polar surface area (TPSA) is 108 Å². The Kier molecular flexibility index (Phi) is 3.26. The van der Waals surface area contributed by atoms with Crippen LogP contribution in [0.25, 0.3) is 0 Å². The number of primary amides is 1. The molecule has 0 aromatic carbocycles. The number of amides is 2. The number of nitrogens with one attached hydrogen (secondary N) is 1. The van der Waals surface area contributed by atoms with Gasteiger partial charge >= 0.3 is 0 Å². The number of hydrogen-bond donors (Lipinski definition) is 2. The highest BCUT2D eigenvalue weighted by Gasteiger charge is 2.20. The van der Waals surface area contributed by atoms with Gasteiger partial charge in [-0.2, -0.15) is 10.2 Å². The van der Waals surface area contributed by atoms with Crippen LogP contribution in [0.1, 0.15) is 21.0 Å². The Morgan fingerprint density at radius 1 is 1.42 bits per heavy atom. The molecule has 0 spiro atoms. The summed E-state index contributed by atoms with van der Waals surface area (Å²) in [6, 6.07) is 0. The number of rotatable bonds is 3. The van der Waals surface area contributed by atoms with E-state index in [1.165, 1.54) is 21.8 Å². The molecule has 0 saturated carbocycles. The molecule has 0 atom stereocenters. The predicted molar refractivity (Wildman–Crippen MR) is 67.9 cm³/mol. The molecule has 9 heteroatoms. The molecule has 0 saturated heterocycles. The first kappa shape index (κ1) is 13.1. The van der Waals surface area contributed by atoms with Crippen LogP contribution in [0, 0.1) is 0 Å². The quantitative estimate of drug-likeness (QED) is 0.836. The number of anilines is 1. The monoisotopic (exact) mass is 282 g/mol.